The second kappa shape index (κ2) is 13.9. The standard InChI is InChI=1S/C29H37N3O8/c1-6-12-31-25-18-13-16(2)14-24(38-5)21-10-11-23(39-21)27(40-29(30)36)22(37-4)9-7-8-17(3)28(35)32-19(26(18)34)15-20(25)33/h6-9,11,15-16,21-22,24,27,31H,1,10,12-14H2,2-5H3,(H2,30,36)(H,32,35)/b9-7-,17-8+/t16-,21-,22+,24+,27-/m1/s1. The van der Waals surface area contributed by atoms with Crippen LogP contribution in [-0.4, -0.2) is 68.7 Å². The van der Waals surface area contributed by atoms with E-state index in [0.29, 0.717) is 18.6 Å². The van der Waals surface area contributed by atoms with E-state index in [-0.39, 0.29) is 47.5 Å². The van der Waals surface area contributed by atoms with Gasteiger partial charge < -0.3 is 35.3 Å². The molecule has 4 N–H and O–H groups in total. The number of rotatable bonds is 6. The molecule has 0 spiro atoms. The first kappa shape index (κ1) is 30.6. The third kappa shape index (κ3) is 7.36. The number of methoxy groups -OCH3 is 2. The smallest absolute Gasteiger partial charge is 0.405 e. The monoisotopic (exact) mass is 555 g/mol. The Bertz CT molecular complexity index is 1200. The first-order chi connectivity index (χ1) is 19.1. The Morgan fingerprint density at radius 3 is 2.67 bits per heavy atom. The second-order valence-electron chi connectivity index (χ2n) is 9.84. The number of hydrogen-bond donors (Lipinski definition) is 3. The lowest BCUT2D eigenvalue weighted by atomic mass is 9.86. The van der Waals surface area contributed by atoms with Crippen molar-refractivity contribution in [2.24, 2.45) is 11.7 Å². The van der Waals surface area contributed by atoms with Crippen LogP contribution >= 0.6 is 0 Å². The van der Waals surface area contributed by atoms with Gasteiger partial charge in [0.15, 0.2) is 6.10 Å². The van der Waals surface area contributed by atoms with Gasteiger partial charge in [-0.25, -0.2) is 4.79 Å². The molecule has 0 aromatic carbocycles. The van der Waals surface area contributed by atoms with Crippen molar-refractivity contribution < 1.29 is 38.1 Å². The van der Waals surface area contributed by atoms with Gasteiger partial charge in [-0.2, -0.15) is 0 Å². The Balaban J connectivity index is 2.03. The van der Waals surface area contributed by atoms with E-state index in [1.54, 1.807) is 38.3 Å². The minimum atomic E-state index is -0.994. The molecule has 0 fully saturated rings. The zero-order valence-corrected chi connectivity index (χ0v) is 23.2. The molecule has 2 aliphatic heterocycles. The number of ketones is 2. The first-order valence-corrected chi connectivity index (χ1v) is 13.0. The largest absolute Gasteiger partial charge is 0.488 e. The number of carbonyl (C=O) groups is 4. The van der Waals surface area contributed by atoms with Crippen LogP contribution in [0.5, 0.6) is 0 Å². The summed E-state index contributed by atoms with van der Waals surface area (Å²) in [5.41, 5.74) is 5.96. The number of primary amides is 1. The molecule has 216 valence electrons. The Morgan fingerprint density at radius 2 is 2.02 bits per heavy atom. The van der Waals surface area contributed by atoms with Crippen LogP contribution in [0.25, 0.3) is 0 Å². The van der Waals surface area contributed by atoms with Crippen molar-refractivity contribution in [3.63, 3.8) is 0 Å². The Morgan fingerprint density at radius 1 is 1.27 bits per heavy atom. The summed E-state index contributed by atoms with van der Waals surface area (Å²) in [7, 11) is 3.01. The third-order valence-corrected chi connectivity index (χ3v) is 6.86. The maximum atomic E-state index is 13.5. The molecule has 5 atom stereocenters. The number of hydrogen-bond acceptors (Lipinski definition) is 9. The lowest BCUT2D eigenvalue weighted by Crippen LogP contribution is -2.38. The maximum absolute atomic E-state index is 13.5. The molecule has 3 aliphatic rings. The number of carbonyl (C=O) groups excluding carboxylic acids is 4. The third-order valence-electron chi connectivity index (χ3n) is 6.86. The molecule has 0 radical (unpaired) electrons. The molecule has 4 bridgehead atoms. The molecule has 0 saturated carbocycles. The van der Waals surface area contributed by atoms with E-state index in [4.69, 9.17) is 24.7 Å². The molecule has 0 saturated heterocycles. The second-order valence-corrected chi connectivity index (χ2v) is 9.84. The maximum Gasteiger partial charge on any atom is 0.405 e. The fourth-order valence-electron chi connectivity index (χ4n) is 4.81. The highest BCUT2D eigenvalue weighted by molar-refractivity contribution is 6.23. The fourth-order valence-corrected chi connectivity index (χ4v) is 4.81. The molecule has 1 aliphatic carbocycles. The lowest BCUT2D eigenvalue weighted by molar-refractivity contribution is -0.120. The highest BCUT2D eigenvalue weighted by Gasteiger charge is 2.37. The van der Waals surface area contributed by atoms with E-state index in [1.165, 1.54) is 13.2 Å². The Labute approximate surface area is 233 Å². The molecular formula is C29H37N3O8. The Kier molecular flexibility index (Phi) is 10.6. The summed E-state index contributed by atoms with van der Waals surface area (Å²) in [6, 6.07) is 0. The normalized spacial score (nSPS) is 29.9. The molecule has 2 heterocycles. The van der Waals surface area contributed by atoms with Crippen LogP contribution in [0.4, 0.5) is 4.79 Å². The molecule has 3 rings (SSSR count). The van der Waals surface area contributed by atoms with Crippen molar-refractivity contribution in [1.29, 1.82) is 0 Å². The molecule has 2 amide bonds. The molecule has 0 aromatic rings. The lowest BCUT2D eigenvalue weighted by Gasteiger charge is -2.29. The molecule has 0 unspecified atom stereocenters. The van der Waals surface area contributed by atoms with Crippen molar-refractivity contribution in [2.75, 3.05) is 20.8 Å². The number of amides is 2. The topological polar surface area (TPSA) is 155 Å². The van der Waals surface area contributed by atoms with Crippen LogP contribution in [0.15, 0.2) is 71.3 Å². The van der Waals surface area contributed by atoms with E-state index < -0.39 is 41.9 Å². The van der Waals surface area contributed by atoms with Gasteiger partial charge in [0, 0.05) is 44.4 Å². The molecule has 11 heteroatoms. The number of ether oxygens (including phenoxy) is 4. The average molecular weight is 556 g/mol. The zero-order chi connectivity index (χ0) is 29.4. The minimum absolute atomic E-state index is 0.0971. The number of nitrogens with two attached hydrogens (primary N) is 1. The van der Waals surface area contributed by atoms with Gasteiger partial charge in [-0.05, 0) is 31.8 Å². The quantitative estimate of drug-likeness (QED) is 0.331. The summed E-state index contributed by atoms with van der Waals surface area (Å²) >= 11 is 0. The number of fused-ring (bicyclic) bond motifs is 4. The summed E-state index contributed by atoms with van der Waals surface area (Å²) in [6.45, 7) is 7.45. The van der Waals surface area contributed by atoms with Gasteiger partial charge in [-0.1, -0.05) is 31.2 Å². The average Bonchev–Trinajstić information content (AvgIpc) is 3.40. The summed E-state index contributed by atoms with van der Waals surface area (Å²) in [5.74, 6) is -1.15. The van der Waals surface area contributed by atoms with Crippen LogP contribution in [-0.2, 0) is 33.3 Å². The predicted molar refractivity (Wildman–Crippen MR) is 146 cm³/mol. The van der Waals surface area contributed by atoms with E-state index in [1.807, 2.05) is 6.92 Å². The summed E-state index contributed by atoms with van der Waals surface area (Å²) in [6.07, 6.45) is 6.89. The van der Waals surface area contributed by atoms with Crippen LogP contribution in [0, 0.1) is 5.92 Å². The molecule has 11 nitrogen and oxygen atoms in total. The SMILES string of the molecule is C=CCNC1=C2C[C@@H](C)C[C@H](OC)[C@H]3CC=C(O3)[C@H](OC(N)=O)[C@@H](OC)/C=C\C=C(/C)C(=O)NC(=CC1=O)C2=O. The van der Waals surface area contributed by atoms with E-state index in [2.05, 4.69) is 17.2 Å². The van der Waals surface area contributed by atoms with Crippen LogP contribution in [0.3, 0.4) is 0 Å². The van der Waals surface area contributed by atoms with E-state index in [9.17, 15) is 19.2 Å². The number of allylic oxidation sites excluding steroid dienone is 4. The van der Waals surface area contributed by atoms with Gasteiger partial charge in [0.25, 0.3) is 5.91 Å². The molecule has 0 aromatic heterocycles. The van der Waals surface area contributed by atoms with Crippen molar-refractivity contribution in [1.82, 2.24) is 10.6 Å². The van der Waals surface area contributed by atoms with Gasteiger partial charge >= 0.3 is 6.09 Å². The summed E-state index contributed by atoms with van der Waals surface area (Å²) in [5, 5.41) is 5.56. The van der Waals surface area contributed by atoms with Crippen LogP contribution in [0.2, 0.25) is 0 Å². The van der Waals surface area contributed by atoms with Crippen LogP contribution in [0.1, 0.15) is 33.1 Å². The van der Waals surface area contributed by atoms with Crippen LogP contribution < -0.4 is 16.4 Å². The number of Topliss-reactive ketones (excluding diaryl/α,β-unsaturated/α-hetero) is 1. The van der Waals surface area contributed by atoms with Crippen molar-refractivity contribution in [3.05, 3.63) is 71.3 Å². The Hall–Kier alpha value is -3.96. The van der Waals surface area contributed by atoms with Gasteiger partial charge in [0.2, 0.25) is 11.6 Å². The summed E-state index contributed by atoms with van der Waals surface area (Å²) < 4.78 is 22.8. The zero-order valence-electron chi connectivity index (χ0n) is 23.2. The molecule has 40 heavy (non-hydrogen) atoms. The van der Waals surface area contributed by atoms with Gasteiger partial charge in [-0.3, -0.25) is 14.4 Å². The highest BCUT2D eigenvalue weighted by atomic mass is 16.6. The van der Waals surface area contributed by atoms with Gasteiger partial charge in [-0.15, -0.1) is 6.58 Å². The van der Waals surface area contributed by atoms with Crippen molar-refractivity contribution in [2.45, 2.75) is 57.5 Å². The highest BCUT2D eigenvalue weighted by Crippen LogP contribution is 2.32. The van der Waals surface area contributed by atoms with E-state index in [0.717, 1.165) is 6.08 Å². The summed E-state index contributed by atoms with van der Waals surface area (Å²) in [4.78, 5) is 51.1. The fraction of sp³-hybridized carbons (Fsp3) is 0.448. The van der Waals surface area contributed by atoms with Crippen molar-refractivity contribution >= 4 is 23.6 Å². The first-order valence-electron chi connectivity index (χ1n) is 13.0. The molecular weight excluding hydrogens is 518 g/mol. The van der Waals surface area contributed by atoms with Crippen molar-refractivity contribution in [3.8, 4) is 0 Å². The number of nitrogens with one attached hydrogen (secondary N) is 2. The van der Waals surface area contributed by atoms with Gasteiger partial charge in [0.1, 0.15) is 18.0 Å². The predicted octanol–water partition coefficient (Wildman–Crippen LogP) is 2.27. The van der Waals surface area contributed by atoms with Gasteiger partial charge in [0.05, 0.1) is 17.5 Å². The minimum Gasteiger partial charge on any atom is -0.488 e. The van der Waals surface area contributed by atoms with E-state index >= 15 is 0 Å².